The number of halogens is 1. The molecule has 102 valence electrons. The number of hydrogen-bond donors (Lipinski definition) is 1. The Bertz CT molecular complexity index is 550. The lowest BCUT2D eigenvalue weighted by Gasteiger charge is -2.19. The molecule has 1 aromatic heterocycles. The average molecular weight is 323 g/mol. The number of aromatic nitrogens is 3. The largest absolute Gasteiger partial charge is 0.313 e. The van der Waals surface area contributed by atoms with Gasteiger partial charge in [-0.1, -0.05) is 34.1 Å². The van der Waals surface area contributed by atoms with Crippen molar-refractivity contribution in [3.05, 3.63) is 46.0 Å². The summed E-state index contributed by atoms with van der Waals surface area (Å²) in [5.74, 6) is 1.01. The maximum absolute atomic E-state index is 4.35. The van der Waals surface area contributed by atoms with Crippen LogP contribution < -0.4 is 5.32 Å². The molecule has 2 aromatic rings. The number of rotatable bonds is 5. The second kappa shape index (κ2) is 6.30. The number of nitrogens with zero attached hydrogens (tertiary/aromatic N) is 3. The van der Waals surface area contributed by atoms with Crippen molar-refractivity contribution in [2.24, 2.45) is 0 Å². The quantitative estimate of drug-likeness (QED) is 0.920. The predicted octanol–water partition coefficient (Wildman–Crippen LogP) is 2.87. The maximum Gasteiger partial charge on any atom is 0.138 e. The molecule has 0 amide bonds. The van der Waals surface area contributed by atoms with E-state index in [1.54, 1.807) is 6.33 Å². The van der Waals surface area contributed by atoms with E-state index >= 15 is 0 Å². The molecule has 1 aromatic carbocycles. The summed E-state index contributed by atoms with van der Waals surface area (Å²) in [6.45, 7) is 5.03. The average Bonchev–Trinajstić information content (AvgIpc) is 2.87. The Morgan fingerprint density at radius 2 is 2.21 bits per heavy atom. The molecule has 1 atom stereocenters. The van der Waals surface area contributed by atoms with Crippen molar-refractivity contribution in [3.63, 3.8) is 0 Å². The van der Waals surface area contributed by atoms with Gasteiger partial charge in [-0.2, -0.15) is 5.10 Å². The Morgan fingerprint density at radius 3 is 2.89 bits per heavy atom. The number of nitrogens with one attached hydrogen (secondary N) is 1. The van der Waals surface area contributed by atoms with Crippen LogP contribution in [0.5, 0.6) is 0 Å². The van der Waals surface area contributed by atoms with E-state index in [0.717, 1.165) is 23.3 Å². The van der Waals surface area contributed by atoms with E-state index < -0.39 is 0 Å². The van der Waals surface area contributed by atoms with Crippen LogP contribution in [0.15, 0.2) is 29.0 Å². The molecular formula is C14H19BrN4. The highest BCUT2D eigenvalue weighted by Crippen LogP contribution is 2.28. The minimum atomic E-state index is 0.226. The maximum atomic E-state index is 4.35. The molecule has 0 spiro atoms. The Labute approximate surface area is 122 Å². The van der Waals surface area contributed by atoms with Crippen LogP contribution in [-0.4, -0.2) is 21.8 Å². The third-order valence-corrected chi connectivity index (χ3v) is 4.41. The Kier molecular flexibility index (Phi) is 4.71. The Balaban J connectivity index is 2.28. The summed E-state index contributed by atoms with van der Waals surface area (Å²) in [4.78, 5) is 4.35. The topological polar surface area (TPSA) is 42.7 Å². The molecule has 0 aliphatic heterocycles. The van der Waals surface area contributed by atoms with Crippen LogP contribution in [0.2, 0.25) is 0 Å². The zero-order valence-corrected chi connectivity index (χ0v) is 13.1. The molecule has 4 nitrogen and oxygen atoms in total. The molecule has 1 unspecified atom stereocenters. The van der Waals surface area contributed by atoms with Crippen LogP contribution in [0.25, 0.3) is 0 Å². The lowest BCUT2D eigenvalue weighted by atomic mass is 10.0. The molecule has 5 heteroatoms. The summed E-state index contributed by atoms with van der Waals surface area (Å²) in [6.07, 6.45) is 2.45. The van der Waals surface area contributed by atoms with E-state index in [2.05, 4.69) is 63.4 Å². The molecule has 0 aliphatic carbocycles. The van der Waals surface area contributed by atoms with E-state index in [-0.39, 0.29) is 6.04 Å². The zero-order valence-electron chi connectivity index (χ0n) is 11.5. The molecular weight excluding hydrogens is 304 g/mol. The zero-order chi connectivity index (χ0) is 13.8. The van der Waals surface area contributed by atoms with Crippen molar-refractivity contribution in [1.29, 1.82) is 0 Å². The van der Waals surface area contributed by atoms with Crippen LogP contribution in [-0.2, 0) is 13.0 Å². The monoisotopic (exact) mass is 322 g/mol. The molecule has 1 N–H and O–H groups in total. The molecule has 0 saturated carbocycles. The van der Waals surface area contributed by atoms with Crippen molar-refractivity contribution in [3.8, 4) is 0 Å². The van der Waals surface area contributed by atoms with E-state index in [1.165, 1.54) is 11.1 Å². The molecule has 0 aliphatic rings. The molecule has 0 bridgehead atoms. The standard InChI is InChI=1S/C14H19BrN4/c1-4-19-13(17-9-18-19)8-12(16-3)11-7-5-6-10(2)14(11)15/h5-7,9,12,16H,4,8H2,1-3H3. The van der Waals surface area contributed by atoms with Crippen molar-refractivity contribution < 1.29 is 0 Å². The fourth-order valence-electron chi connectivity index (χ4n) is 2.20. The smallest absolute Gasteiger partial charge is 0.138 e. The van der Waals surface area contributed by atoms with Gasteiger partial charge in [-0.25, -0.2) is 4.98 Å². The van der Waals surface area contributed by atoms with Gasteiger partial charge in [0.2, 0.25) is 0 Å². The first kappa shape index (κ1) is 14.2. The van der Waals surface area contributed by atoms with Gasteiger partial charge in [0.25, 0.3) is 0 Å². The predicted molar refractivity (Wildman–Crippen MR) is 80.1 cm³/mol. The Hall–Kier alpha value is -1.20. The van der Waals surface area contributed by atoms with Gasteiger partial charge in [0.1, 0.15) is 12.2 Å². The minimum absolute atomic E-state index is 0.226. The number of benzene rings is 1. The van der Waals surface area contributed by atoms with Crippen molar-refractivity contribution in [2.45, 2.75) is 32.9 Å². The highest BCUT2D eigenvalue weighted by Gasteiger charge is 2.17. The summed E-state index contributed by atoms with van der Waals surface area (Å²) in [7, 11) is 1.98. The van der Waals surface area contributed by atoms with Gasteiger partial charge in [-0.3, -0.25) is 4.68 Å². The van der Waals surface area contributed by atoms with Crippen LogP contribution in [0, 0.1) is 6.92 Å². The number of likely N-dealkylation sites (N-methyl/N-ethyl adjacent to an activating group) is 1. The first-order chi connectivity index (χ1) is 9.17. The SMILES string of the molecule is CCn1ncnc1CC(NC)c1cccc(C)c1Br. The van der Waals surface area contributed by atoms with Gasteiger partial charge >= 0.3 is 0 Å². The summed E-state index contributed by atoms with van der Waals surface area (Å²) in [6, 6.07) is 6.56. The fraction of sp³-hybridized carbons (Fsp3) is 0.429. The van der Waals surface area contributed by atoms with E-state index in [4.69, 9.17) is 0 Å². The highest BCUT2D eigenvalue weighted by atomic mass is 79.9. The Morgan fingerprint density at radius 1 is 1.42 bits per heavy atom. The molecule has 19 heavy (non-hydrogen) atoms. The van der Waals surface area contributed by atoms with E-state index in [1.807, 2.05) is 11.7 Å². The molecule has 1 heterocycles. The van der Waals surface area contributed by atoms with Gasteiger partial charge in [-0.15, -0.1) is 0 Å². The lowest BCUT2D eigenvalue weighted by Crippen LogP contribution is -2.21. The van der Waals surface area contributed by atoms with Crippen molar-refractivity contribution in [2.75, 3.05) is 7.05 Å². The fourth-order valence-corrected chi connectivity index (χ4v) is 2.74. The normalized spacial score (nSPS) is 12.6. The first-order valence-electron chi connectivity index (χ1n) is 6.46. The molecule has 0 saturated heterocycles. The van der Waals surface area contributed by atoms with Crippen molar-refractivity contribution >= 4 is 15.9 Å². The summed E-state index contributed by atoms with van der Waals surface area (Å²) in [5, 5.41) is 7.59. The number of aryl methyl sites for hydroxylation is 2. The van der Waals surface area contributed by atoms with Crippen LogP contribution in [0.4, 0.5) is 0 Å². The van der Waals surface area contributed by atoms with Gasteiger partial charge in [0.05, 0.1) is 0 Å². The van der Waals surface area contributed by atoms with Gasteiger partial charge in [0, 0.05) is 23.5 Å². The van der Waals surface area contributed by atoms with Crippen LogP contribution in [0.3, 0.4) is 0 Å². The van der Waals surface area contributed by atoms with Gasteiger partial charge < -0.3 is 5.32 Å². The van der Waals surface area contributed by atoms with Gasteiger partial charge in [0.15, 0.2) is 0 Å². The summed E-state index contributed by atoms with van der Waals surface area (Å²) >= 11 is 3.68. The minimum Gasteiger partial charge on any atom is -0.313 e. The summed E-state index contributed by atoms with van der Waals surface area (Å²) in [5.41, 5.74) is 2.50. The molecule has 0 fully saturated rings. The van der Waals surface area contributed by atoms with Crippen LogP contribution in [0.1, 0.15) is 29.9 Å². The highest BCUT2D eigenvalue weighted by molar-refractivity contribution is 9.10. The first-order valence-corrected chi connectivity index (χ1v) is 7.25. The van der Waals surface area contributed by atoms with Crippen LogP contribution >= 0.6 is 15.9 Å². The summed E-state index contributed by atoms with van der Waals surface area (Å²) < 4.78 is 3.10. The molecule has 0 radical (unpaired) electrons. The lowest BCUT2D eigenvalue weighted by molar-refractivity contribution is 0.532. The van der Waals surface area contributed by atoms with Gasteiger partial charge in [-0.05, 0) is 32.0 Å². The second-order valence-electron chi connectivity index (χ2n) is 4.52. The second-order valence-corrected chi connectivity index (χ2v) is 5.31. The third kappa shape index (κ3) is 3.04. The van der Waals surface area contributed by atoms with E-state index in [0.29, 0.717) is 0 Å². The third-order valence-electron chi connectivity index (χ3n) is 3.33. The van der Waals surface area contributed by atoms with Crippen molar-refractivity contribution in [1.82, 2.24) is 20.1 Å². The molecule has 2 rings (SSSR count). The number of hydrogen-bond acceptors (Lipinski definition) is 3. The van der Waals surface area contributed by atoms with E-state index in [9.17, 15) is 0 Å².